The molecule has 10 rings (SSSR count). The molecule has 0 unspecified atom stereocenters. The molecule has 0 saturated carbocycles. The minimum absolute atomic E-state index is 0.0661. The Kier molecular flexibility index (Phi) is 3.58. The van der Waals surface area contributed by atoms with Gasteiger partial charge in [0.25, 0.3) is 0 Å². The first-order valence-electron chi connectivity index (χ1n) is 22.9. The Balaban J connectivity index is 1.36. The van der Waals surface area contributed by atoms with Crippen molar-refractivity contribution >= 4 is 65.0 Å². The van der Waals surface area contributed by atoms with Gasteiger partial charge in [-0.1, -0.05) is 151 Å². The molecule has 1 heterocycles. The van der Waals surface area contributed by atoms with E-state index in [0.717, 1.165) is 32.9 Å². The maximum atomic E-state index is 9.47. The van der Waals surface area contributed by atoms with Gasteiger partial charge in [0.15, 0.2) is 0 Å². The van der Waals surface area contributed by atoms with Gasteiger partial charge in [-0.3, -0.25) is 0 Å². The van der Waals surface area contributed by atoms with Crippen LogP contribution >= 0.6 is 0 Å². The summed E-state index contributed by atoms with van der Waals surface area (Å²) in [5.41, 5.74) is 3.41. The van der Waals surface area contributed by atoms with Gasteiger partial charge in [0.2, 0.25) is 0 Å². The lowest BCUT2D eigenvalue weighted by molar-refractivity contribution is 0.669. The van der Waals surface area contributed by atoms with Crippen molar-refractivity contribution in [2.24, 2.45) is 0 Å². The minimum Gasteiger partial charge on any atom is -0.456 e. The fourth-order valence-electron chi connectivity index (χ4n) is 6.98. The van der Waals surface area contributed by atoms with E-state index in [1.807, 2.05) is 72.8 Å². The molecule has 0 aliphatic heterocycles. The molecule has 0 N–H and O–H groups in total. The molecule has 224 valence electrons. The van der Waals surface area contributed by atoms with E-state index in [9.17, 15) is 5.48 Å². The van der Waals surface area contributed by atoms with Gasteiger partial charge >= 0.3 is 0 Å². The number of para-hydroxylation sites is 1. The average Bonchev–Trinajstić information content (AvgIpc) is 3.67. The zero-order chi connectivity index (χ0) is 44.7. The van der Waals surface area contributed by atoms with Gasteiger partial charge in [-0.2, -0.15) is 0 Å². The van der Waals surface area contributed by atoms with Crippen LogP contribution < -0.4 is 0 Å². The SMILES string of the molecule is [2H]c1c([2H])c([2H])c2c(Cc3c4c([2H])c([2H])c([2H])c([2H])c4c(-c4ccc(-c5ccc6oc7ccccc7c6c5)c5ccccc45)c4c([2H])c([2H])c([2H])c([2H])c34)c([2H])c([2H])c([2H])c2c1[2H]. The quantitative estimate of drug-likeness (QED) is 0.177. The van der Waals surface area contributed by atoms with Crippen LogP contribution in [0.4, 0.5) is 0 Å². The van der Waals surface area contributed by atoms with E-state index < -0.39 is 97.1 Å². The van der Waals surface area contributed by atoms with E-state index >= 15 is 0 Å². The van der Waals surface area contributed by atoms with Crippen LogP contribution in [0.3, 0.4) is 0 Å². The summed E-state index contributed by atoms with van der Waals surface area (Å²) in [5.74, 6) is 0. The number of rotatable bonds is 4. The van der Waals surface area contributed by atoms with Gasteiger partial charge in [-0.25, -0.2) is 0 Å². The van der Waals surface area contributed by atoms with Crippen molar-refractivity contribution in [2.75, 3.05) is 0 Å². The standard InChI is InChI=1S/C47H30O/c1-2-15-33-30(12-1)13-11-14-31(33)28-43-37-18-5-7-21-40(37)47(41-22-8-6-19-38(41)43)42-26-25-34(35-16-3-4-17-36(35)42)32-24-27-46-44(29-32)39-20-9-10-23-45(39)48-46/h1-27,29H,28H2/i1D,2D,5D,6D,7D,8D,11D,12D,13D,14D,15D,18D,19D,21D,22D. The lowest BCUT2D eigenvalue weighted by Crippen LogP contribution is -1.97. The van der Waals surface area contributed by atoms with Gasteiger partial charge in [-0.15, -0.1) is 0 Å². The van der Waals surface area contributed by atoms with Crippen LogP contribution in [0.5, 0.6) is 0 Å². The van der Waals surface area contributed by atoms with Crippen molar-refractivity contribution in [1.82, 2.24) is 0 Å². The highest BCUT2D eigenvalue weighted by Crippen LogP contribution is 2.45. The molecule has 0 aliphatic carbocycles. The first-order valence-corrected chi connectivity index (χ1v) is 15.4. The Bertz CT molecular complexity index is 3640. The highest BCUT2D eigenvalue weighted by atomic mass is 16.3. The van der Waals surface area contributed by atoms with Gasteiger partial charge in [0.1, 0.15) is 11.2 Å². The van der Waals surface area contributed by atoms with Gasteiger partial charge < -0.3 is 4.42 Å². The van der Waals surface area contributed by atoms with E-state index in [0.29, 0.717) is 16.5 Å². The number of hydrogen-bond donors (Lipinski definition) is 0. The summed E-state index contributed by atoms with van der Waals surface area (Å²) in [4.78, 5) is 0. The van der Waals surface area contributed by atoms with Crippen molar-refractivity contribution in [1.29, 1.82) is 0 Å². The highest BCUT2D eigenvalue weighted by Gasteiger charge is 2.19. The molecule has 1 aromatic heterocycles. The number of benzene rings is 9. The Hall–Kier alpha value is -6.18. The summed E-state index contributed by atoms with van der Waals surface area (Å²) < 4.78 is 140. The van der Waals surface area contributed by atoms with E-state index in [-0.39, 0.29) is 49.0 Å². The molecule has 0 saturated heterocycles. The van der Waals surface area contributed by atoms with E-state index in [1.165, 1.54) is 0 Å². The van der Waals surface area contributed by atoms with Crippen molar-refractivity contribution in [3.05, 3.63) is 181 Å². The maximum absolute atomic E-state index is 9.47. The van der Waals surface area contributed by atoms with E-state index in [4.69, 9.17) is 19.5 Å². The highest BCUT2D eigenvalue weighted by molar-refractivity contribution is 6.20. The second kappa shape index (κ2) is 10.7. The average molecular weight is 626 g/mol. The van der Waals surface area contributed by atoms with Crippen molar-refractivity contribution in [2.45, 2.75) is 6.42 Å². The molecular formula is C47H30O. The number of furan rings is 1. The summed E-state index contributed by atoms with van der Waals surface area (Å²) in [5, 5.41) is 2.23. The molecule has 9 aromatic carbocycles. The van der Waals surface area contributed by atoms with Crippen LogP contribution in [-0.2, 0) is 6.42 Å². The minimum atomic E-state index is -0.660. The third kappa shape index (κ3) is 4.11. The Morgan fingerprint density at radius 3 is 1.79 bits per heavy atom. The van der Waals surface area contributed by atoms with Crippen LogP contribution in [0.2, 0.25) is 0 Å². The van der Waals surface area contributed by atoms with Crippen LogP contribution in [0, 0.1) is 0 Å². The first kappa shape index (κ1) is 16.1. The van der Waals surface area contributed by atoms with Gasteiger partial charge in [-0.05, 0) is 101 Å². The number of hydrogen-bond acceptors (Lipinski definition) is 1. The van der Waals surface area contributed by atoms with Crippen LogP contribution in [0.25, 0.3) is 87.3 Å². The Morgan fingerprint density at radius 2 is 1.02 bits per heavy atom. The van der Waals surface area contributed by atoms with Gasteiger partial charge in [0.05, 0.1) is 20.6 Å². The molecule has 0 amide bonds. The lowest BCUT2D eigenvalue weighted by Gasteiger charge is -2.20. The molecule has 48 heavy (non-hydrogen) atoms. The third-order valence-corrected chi connectivity index (χ3v) is 9.10. The molecule has 0 atom stereocenters. The van der Waals surface area contributed by atoms with E-state index in [2.05, 4.69) is 0 Å². The Morgan fingerprint density at radius 1 is 0.438 bits per heavy atom. The predicted molar refractivity (Wildman–Crippen MR) is 204 cm³/mol. The normalized spacial score (nSPS) is 16.2. The zero-order valence-corrected chi connectivity index (χ0v) is 25.1. The fraction of sp³-hybridized carbons (Fsp3) is 0.0213. The van der Waals surface area contributed by atoms with E-state index in [1.54, 1.807) is 6.07 Å². The Labute approximate surface area is 299 Å². The topological polar surface area (TPSA) is 13.1 Å². The second-order valence-corrected chi connectivity index (χ2v) is 11.6. The molecular weight excluding hydrogens is 581 g/mol. The smallest absolute Gasteiger partial charge is 0.135 e. The molecule has 0 spiro atoms. The van der Waals surface area contributed by atoms with Crippen molar-refractivity contribution in [3.8, 4) is 22.3 Å². The largest absolute Gasteiger partial charge is 0.456 e. The summed E-state index contributed by atoms with van der Waals surface area (Å²) in [7, 11) is 0. The lowest BCUT2D eigenvalue weighted by atomic mass is 9.83. The molecule has 1 nitrogen and oxygen atoms in total. The number of fused-ring (bicyclic) bond motifs is 7. The van der Waals surface area contributed by atoms with Gasteiger partial charge in [0, 0.05) is 10.8 Å². The fourth-order valence-corrected chi connectivity index (χ4v) is 6.98. The third-order valence-electron chi connectivity index (χ3n) is 9.10. The zero-order valence-electron chi connectivity index (χ0n) is 40.1. The summed E-state index contributed by atoms with van der Waals surface area (Å²) >= 11 is 0. The molecule has 0 fully saturated rings. The van der Waals surface area contributed by atoms with Crippen molar-refractivity contribution < 1.29 is 25.0 Å². The maximum Gasteiger partial charge on any atom is 0.135 e. The molecule has 0 aliphatic rings. The first-order chi connectivity index (χ1) is 30.0. The molecule has 0 radical (unpaired) electrons. The van der Waals surface area contributed by atoms with Crippen molar-refractivity contribution in [3.63, 3.8) is 0 Å². The monoisotopic (exact) mass is 625 g/mol. The molecule has 0 bridgehead atoms. The summed E-state index contributed by atoms with van der Waals surface area (Å²) in [6.07, 6.45) is -0.564. The molecule has 10 aromatic rings. The van der Waals surface area contributed by atoms with Crippen LogP contribution in [0.1, 0.15) is 31.7 Å². The summed E-state index contributed by atoms with van der Waals surface area (Å²) in [6.45, 7) is 0. The summed E-state index contributed by atoms with van der Waals surface area (Å²) in [6, 6.07) is 15.8. The second-order valence-electron chi connectivity index (χ2n) is 11.6. The predicted octanol–water partition coefficient (Wildman–Crippen LogP) is 13.1. The van der Waals surface area contributed by atoms with Crippen LogP contribution in [0.15, 0.2) is 174 Å². The van der Waals surface area contributed by atoms with Crippen LogP contribution in [-0.4, -0.2) is 0 Å². The molecule has 1 heteroatoms.